The van der Waals surface area contributed by atoms with Crippen molar-refractivity contribution in [1.82, 2.24) is 0 Å². The summed E-state index contributed by atoms with van der Waals surface area (Å²) in [5.41, 5.74) is 2.61. The van der Waals surface area contributed by atoms with Crippen LogP contribution in [0.1, 0.15) is 36.3 Å². The highest BCUT2D eigenvalue weighted by Gasteiger charge is 2.55. The van der Waals surface area contributed by atoms with Crippen LogP contribution in [0.5, 0.6) is 0 Å². The molecule has 102 valence electrons. The molecule has 0 bridgehead atoms. The molecular formula is C18H18O2. The number of rotatable bonds is 5. The molecule has 1 fully saturated rings. The average Bonchev–Trinajstić information content (AvgIpc) is 3.23. The van der Waals surface area contributed by atoms with Gasteiger partial charge in [0.05, 0.1) is 0 Å². The fourth-order valence-corrected chi connectivity index (χ4v) is 3.27. The minimum absolute atomic E-state index is 0.0149. The van der Waals surface area contributed by atoms with Crippen molar-refractivity contribution in [1.29, 1.82) is 0 Å². The SMILES string of the molecule is O=C(O)CC[C@@]1(c2ccccc2)C[C@H]1c1ccccc1. The van der Waals surface area contributed by atoms with E-state index in [9.17, 15) is 4.79 Å². The molecule has 1 saturated carbocycles. The molecule has 0 heterocycles. The molecule has 0 unspecified atom stereocenters. The third-order valence-electron chi connectivity index (χ3n) is 4.41. The van der Waals surface area contributed by atoms with Gasteiger partial charge in [0.2, 0.25) is 0 Å². The largest absolute Gasteiger partial charge is 0.481 e. The van der Waals surface area contributed by atoms with E-state index in [1.165, 1.54) is 11.1 Å². The molecule has 2 heteroatoms. The maximum absolute atomic E-state index is 10.9. The molecule has 0 aliphatic heterocycles. The lowest BCUT2D eigenvalue weighted by atomic mass is 9.86. The second kappa shape index (κ2) is 5.12. The quantitative estimate of drug-likeness (QED) is 0.888. The average molecular weight is 266 g/mol. The standard InChI is InChI=1S/C18H18O2/c19-17(20)11-12-18(15-9-5-2-6-10-15)13-16(18)14-7-3-1-4-8-14/h1-10,16H,11-13H2,(H,19,20)/t16-,18-/m0/s1. The maximum atomic E-state index is 10.9. The number of aliphatic carboxylic acids is 1. The van der Waals surface area contributed by atoms with Crippen molar-refractivity contribution in [2.24, 2.45) is 0 Å². The van der Waals surface area contributed by atoms with Crippen molar-refractivity contribution in [2.45, 2.75) is 30.6 Å². The van der Waals surface area contributed by atoms with E-state index in [1.54, 1.807) is 0 Å². The van der Waals surface area contributed by atoms with Gasteiger partial charge in [0.15, 0.2) is 0 Å². The molecular weight excluding hydrogens is 248 g/mol. The highest BCUT2D eigenvalue weighted by atomic mass is 16.4. The van der Waals surface area contributed by atoms with Gasteiger partial charge in [0.1, 0.15) is 0 Å². The van der Waals surface area contributed by atoms with Gasteiger partial charge in [-0.1, -0.05) is 60.7 Å². The molecule has 2 aromatic rings. The van der Waals surface area contributed by atoms with Gasteiger partial charge in [0, 0.05) is 11.8 Å². The van der Waals surface area contributed by atoms with Gasteiger partial charge >= 0.3 is 5.97 Å². The summed E-state index contributed by atoms with van der Waals surface area (Å²) in [6.07, 6.45) is 2.00. The molecule has 2 aromatic carbocycles. The summed E-state index contributed by atoms with van der Waals surface area (Å²) in [7, 11) is 0. The number of hydrogen-bond donors (Lipinski definition) is 1. The van der Waals surface area contributed by atoms with Gasteiger partial charge in [-0.2, -0.15) is 0 Å². The zero-order valence-electron chi connectivity index (χ0n) is 11.3. The Morgan fingerprint density at radius 3 is 2.25 bits per heavy atom. The Balaban J connectivity index is 1.90. The van der Waals surface area contributed by atoms with Crippen LogP contribution in [0.15, 0.2) is 60.7 Å². The first-order valence-corrected chi connectivity index (χ1v) is 7.05. The number of carboxylic acid groups (broad SMARTS) is 1. The summed E-state index contributed by atoms with van der Waals surface area (Å²) in [6, 6.07) is 20.8. The van der Waals surface area contributed by atoms with E-state index >= 15 is 0 Å². The third-order valence-corrected chi connectivity index (χ3v) is 4.41. The Hall–Kier alpha value is -2.09. The summed E-state index contributed by atoms with van der Waals surface area (Å²) in [5, 5.41) is 9.01. The minimum Gasteiger partial charge on any atom is -0.481 e. The third kappa shape index (κ3) is 2.34. The molecule has 1 aliphatic rings. The summed E-state index contributed by atoms with van der Waals surface area (Å²) in [4.78, 5) is 10.9. The van der Waals surface area contributed by atoms with E-state index in [1.807, 2.05) is 24.3 Å². The van der Waals surface area contributed by atoms with Crippen LogP contribution in [0, 0.1) is 0 Å². The van der Waals surface area contributed by atoms with Gasteiger partial charge in [-0.25, -0.2) is 0 Å². The van der Waals surface area contributed by atoms with Crippen molar-refractivity contribution in [3.63, 3.8) is 0 Å². The van der Waals surface area contributed by atoms with Crippen LogP contribution in [0.25, 0.3) is 0 Å². The van der Waals surface area contributed by atoms with Crippen molar-refractivity contribution in [2.75, 3.05) is 0 Å². The summed E-state index contributed by atoms with van der Waals surface area (Å²) < 4.78 is 0. The molecule has 1 aliphatic carbocycles. The Morgan fingerprint density at radius 1 is 1.05 bits per heavy atom. The van der Waals surface area contributed by atoms with Crippen molar-refractivity contribution in [3.8, 4) is 0 Å². The molecule has 0 aromatic heterocycles. The van der Waals surface area contributed by atoms with Crippen molar-refractivity contribution in [3.05, 3.63) is 71.8 Å². The Kier molecular flexibility index (Phi) is 3.31. The molecule has 0 spiro atoms. The number of hydrogen-bond acceptors (Lipinski definition) is 1. The smallest absolute Gasteiger partial charge is 0.303 e. The fourth-order valence-electron chi connectivity index (χ4n) is 3.27. The van der Waals surface area contributed by atoms with Gasteiger partial charge in [0.25, 0.3) is 0 Å². The van der Waals surface area contributed by atoms with Crippen LogP contribution in [0.4, 0.5) is 0 Å². The van der Waals surface area contributed by atoms with Crippen LogP contribution in [-0.4, -0.2) is 11.1 Å². The Bertz CT molecular complexity index is 591. The zero-order chi connectivity index (χ0) is 14.0. The topological polar surface area (TPSA) is 37.3 Å². The normalized spacial score (nSPS) is 24.3. The first-order chi connectivity index (χ1) is 9.72. The summed E-state index contributed by atoms with van der Waals surface area (Å²) >= 11 is 0. The lowest BCUT2D eigenvalue weighted by Gasteiger charge is -2.17. The van der Waals surface area contributed by atoms with Gasteiger partial charge in [-0.15, -0.1) is 0 Å². The maximum Gasteiger partial charge on any atom is 0.303 e. The van der Waals surface area contributed by atoms with Crippen molar-refractivity contribution >= 4 is 5.97 Å². The minimum atomic E-state index is -0.709. The van der Waals surface area contributed by atoms with E-state index < -0.39 is 5.97 Å². The summed E-state index contributed by atoms with van der Waals surface area (Å²) in [6.45, 7) is 0. The Labute approximate surface area is 119 Å². The molecule has 20 heavy (non-hydrogen) atoms. The lowest BCUT2D eigenvalue weighted by Crippen LogP contribution is -2.12. The van der Waals surface area contributed by atoms with Crippen LogP contribution in [-0.2, 0) is 10.2 Å². The highest BCUT2D eigenvalue weighted by Crippen LogP contribution is 2.62. The second-order valence-electron chi connectivity index (χ2n) is 5.58. The predicted octanol–water partition coefficient (Wildman–Crippen LogP) is 3.98. The van der Waals surface area contributed by atoms with E-state index in [2.05, 4.69) is 36.4 Å². The lowest BCUT2D eigenvalue weighted by molar-refractivity contribution is -0.137. The van der Waals surface area contributed by atoms with E-state index in [-0.39, 0.29) is 11.8 Å². The Morgan fingerprint density at radius 2 is 1.65 bits per heavy atom. The number of benzene rings is 2. The molecule has 1 N–H and O–H groups in total. The highest BCUT2D eigenvalue weighted by molar-refractivity contribution is 5.67. The number of carboxylic acids is 1. The predicted molar refractivity (Wildman–Crippen MR) is 78.8 cm³/mol. The van der Waals surface area contributed by atoms with Crippen LogP contribution in [0.2, 0.25) is 0 Å². The van der Waals surface area contributed by atoms with E-state index in [0.717, 1.165) is 6.42 Å². The zero-order valence-corrected chi connectivity index (χ0v) is 11.3. The van der Waals surface area contributed by atoms with Crippen LogP contribution < -0.4 is 0 Å². The van der Waals surface area contributed by atoms with Gasteiger partial charge in [-0.05, 0) is 29.9 Å². The molecule has 2 atom stereocenters. The van der Waals surface area contributed by atoms with E-state index in [4.69, 9.17) is 5.11 Å². The van der Waals surface area contributed by atoms with Crippen molar-refractivity contribution < 1.29 is 9.90 Å². The van der Waals surface area contributed by atoms with Crippen LogP contribution >= 0.6 is 0 Å². The first-order valence-electron chi connectivity index (χ1n) is 7.05. The van der Waals surface area contributed by atoms with E-state index in [0.29, 0.717) is 12.3 Å². The molecule has 0 amide bonds. The van der Waals surface area contributed by atoms with Crippen LogP contribution in [0.3, 0.4) is 0 Å². The molecule has 0 saturated heterocycles. The monoisotopic (exact) mass is 266 g/mol. The second-order valence-corrected chi connectivity index (χ2v) is 5.58. The fraction of sp³-hybridized carbons (Fsp3) is 0.278. The number of carbonyl (C=O) groups is 1. The molecule has 3 rings (SSSR count). The van der Waals surface area contributed by atoms with Gasteiger partial charge < -0.3 is 5.11 Å². The van der Waals surface area contributed by atoms with Gasteiger partial charge in [-0.3, -0.25) is 4.79 Å². The molecule has 0 radical (unpaired) electrons. The first kappa shape index (κ1) is 12.9. The molecule has 2 nitrogen and oxygen atoms in total. The summed E-state index contributed by atoms with van der Waals surface area (Å²) in [5.74, 6) is -0.260.